The van der Waals surface area contributed by atoms with Crippen molar-refractivity contribution in [3.05, 3.63) is 35.8 Å². The molecule has 1 saturated carbocycles. The molecule has 0 aromatic heterocycles. The maximum atomic E-state index is 12.5. The number of nitrogens with zero attached hydrogens (tertiary/aromatic N) is 2. The van der Waals surface area contributed by atoms with Crippen LogP contribution < -0.4 is 21.3 Å². The van der Waals surface area contributed by atoms with E-state index in [2.05, 4.69) is 35.1 Å². The lowest BCUT2D eigenvalue weighted by Crippen LogP contribution is -2.67. The monoisotopic (exact) mass is 438 g/mol. The van der Waals surface area contributed by atoms with Crippen LogP contribution in [0.2, 0.25) is 0 Å². The molecule has 4 N–H and O–H groups in total. The predicted octanol–water partition coefficient (Wildman–Crippen LogP) is 1.03. The van der Waals surface area contributed by atoms with E-state index in [0.29, 0.717) is 24.9 Å². The van der Waals surface area contributed by atoms with E-state index in [-0.39, 0.29) is 12.2 Å². The molecule has 0 saturated heterocycles. The lowest BCUT2D eigenvalue weighted by atomic mass is 10.1. The first-order chi connectivity index (χ1) is 14.1. The van der Waals surface area contributed by atoms with E-state index in [1.165, 1.54) is 10.6 Å². The van der Waals surface area contributed by atoms with Gasteiger partial charge in [0.05, 0.1) is 6.26 Å². The topological polar surface area (TPSA) is 106 Å². The number of sulfonamides is 1. The minimum absolute atomic E-state index is 0.196. The van der Waals surface area contributed by atoms with Gasteiger partial charge in [0.15, 0.2) is 5.79 Å². The van der Waals surface area contributed by atoms with Gasteiger partial charge in [-0.15, -0.1) is 0 Å². The van der Waals surface area contributed by atoms with Crippen LogP contribution in [0.4, 0.5) is 4.79 Å². The summed E-state index contributed by atoms with van der Waals surface area (Å²) in [6.45, 7) is 6.89. The zero-order valence-electron chi connectivity index (χ0n) is 18.4. The molecule has 2 unspecified atom stereocenters. The van der Waals surface area contributed by atoms with Gasteiger partial charge < -0.3 is 16.0 Å². The van der Waals surface area contributed by atoms with Crippen LogP contribution in [0.5, 0.6) is 0 Å². The molecule has 1 fully saturated rings. The Morgan fingerprint density at radius 3 is 2.57 bits per heavy atom. The fraction of sp³-hybridized carbons (Fsp3) is 0.650. The summed E-state index contributed by atoms with van der Waals surface area (Å²) < 4.78 is 26.3. The van der Waals surface area contributed by atoms with E-state index in [1.807, 2.05) is 25.3 Å². The van der Waals surface area contributed by atoms with Crippen molar-refractivity contribution in [2.24, 2.45) is 11.8 Å². The van der Waals surface area contributed by atoms with Crippen molar-refractivity contribution in [1.29, 1.82) is 0 Å². The molecule has 30 heavy (non-hydrogen) atoms. The van der Waals surface area contributed by atoms with Gasteiger partial charge in [-0.05, 0) is 24.8 Å². The highest BCUT2D eigenvalue weighted by Crippen LogP contribution is 2.38. The number of carbonyl (C=O) groups is 1. The molecule has 2 aliphatic heterocycles. The average molecular weight is 439 g/mol. The SMILES string of the molecule is CCN(C1(NCC(C)C)C=CC(C2NC(C3CC3)=CN2C(=O)NC)=CN1)S(C)(=O)=O. The number of rotatable bonds is 8. The number of hydrogen-bond acceptors (Lipinski definition) is 6. The number of likely N-dealkylation sites (N-methyl/N-ethyl adjacent to an activating group) is 1. The number of allylic oxidation sites excluding steroid dienone is 1. The van der Waals surface area contributed by atoms with E-state index < -0.39 is 15.8 Å². The van der Waals surface area contributed by atoms with Crippen LogP contribution in [-0.4, -0.2) is 62.0 Å². The maximum absolute atomic E-state index is 12.5. The van der Waals surface area contributed by atoms with E-state index in [0.717, 1.165) is 24.1 Å². The molecule has 0 bridgehead atoms. The highest BCUT2D eigenvalue weighted by Gasteiger charge is 2.42. The number of nitrogens with one attached hydrogen (secondary N) is 4. The van der Waals surface area contributed by atoms with Crippen molar-refractivity contribution in [3.63, 3.8) is 0 Å². The quantitative estimate of drug-likeness (QED) is 0.422. The number of dihydropyridines is 1. The Balaban J connectivity index is 1.86. The zero-order valence-corrected chi connectivity index (χ0v) is 19.2. The van der Waals surface area contributed by atoms with Crippen LogP contribution in [0, 0.1) is 11.8 Å². The Labute approximate surface area is 179 Å². The lowest BCUT2D eigenvalue weighted by molar-refractivity contribution is 0.163. The highest BCUT2D eigenvalue weighted by atomic mass is 32.2. The van der Waals surface area contributed by atoms with Gasteiger partial charge in [-0.3, -0.25) is 10.2 Å². The van der Waals surface area contributed by atoms with Gasteiger partial charge in [0.1, 0.15) is 6.17 Å². The maximum Gasteiger partial charge on any atom is 0.323 e. The summed E-state index contributed by atoms with van der Waals surface area (Å²) >= 11 is 0. The van der Waals surface area contributed by atoms with Gasteiger partial charge in [-0.2, -0.15) is 4.31 Å². The smallest absolute Gasteiger partial charge is 0.323 e. The summed E-state index contributed by atoms with van der Waals surface area (Å²) in [5.74, 6) is -0.235. The minimum atomic E-state index is -3.47. The summed E-state index contributed by atoms with van der Waals surface area (Å²) in [4.78, 5) is 14.1. The van der Waals surface area contributed by atoms with Crippen molar-refractivity contribution >= 4 is 16.1 Å². The number of amides is 2. The molecule has 0 aromatic carbocycles. The Morgan fingerprint density at radius 1 is 1.40 bits per heavy atom. The second-order valence-electron chi connectivity index (χ2n) is 8.46. The summed E-state index contributed by atoms with van der Waals surface area (Å²) in [6.07, 6.45) is 10.5. The first kappa shape index (κ1) is 22.6. The first-order valence-corrected chi connectivity index (χ1v) is 12.3. The van der Waals surface area contributed by atoms with Crippen molar-refractivity contribution < 1.29 is 13.2 Å². The number of hydrogen-bond donors (Lipinski definition) is 4. The van der Waals surface area contributed by atoms with Crippen molar-refractivity contribution in [3.8, 4) is 0 Å². The zero-order chi connectivity index (χ0) is 22.1. The predicted molar refractivity (Wildman–Crippen MR) is 117 cm³/mol. The minimum Gasteiger partial charge on any atom is -0.363 e. The molecule has 2 heterocycles. The third-order valence-electron chi connectivity index (χ3n) is 5.48. The molecule has 9 nitrogen and oxygen atoms in total. The van der Waals surface area contributed by atoms with Gasteiger partial charge >= 0.3 is 6.03 Å². The van der Waals surface area contributed by atoms with Crippen LogP contribution >= 0.6 is 0 Å². The average Bonchev–Trinajstić information content (AvgIpc) is 3.44. The molecule has 1 aliphatic carbocycles. The third-order valence-corrected chi connectivity index (χ3v) is 6.82. The van der Waals surface area contributed by atoms with E-state index in [9.17, 15) is 13.2 Å². The number of carbonyl (C=O) groups excluding carboxylic acids is 1. The summed E-state index contributed by atoms with van der Waals surface area (Å²) in [5.41, 5.74) is 1.91. The Hall–Kier alpha value is -2.04. The molecule has 3 rings (SSSR count). The van der Waals surface area contributed by atoms with Crippen molar-refractivity contribution in [2.45, 2.75) is 45.6 Å². The molecule has 10 heteroatoms. The van der Waals surface area contributed by atoms with Gasteiger partial charge in [0.25, 0.3) is 0 Å². The number of urea groups is 1. The van der Waals surface area contributed by atoms with E-state index in [1.54, 1.807) is 18.1 Å². The molecule has 0 radical (unpaired) electrons. The molecule has 3 aliphatic rings. The van der Waals surface area contributed by atoms with E-state index >= 15 is 0 Å². The van der Waals surface area contributed by atoms with Crippen molar-refractivity contribution in [2.75, 3.05) is 26.4 Å². The van der Waals surface area contributed by atoms with Crippen LogP contribution in [0.3, 0.4) is 0 Å². The molecule has 0 spiro atoms. The highest BCUT2D eigenvalue weighted by molar-refractivity contribution is 7.88. The fourth-order valence-electron chi connectivity index (χ4n) is 3.79. The summed E-state index contributed by atoms with van der Waals surface area (Å²) in [5, 5.41) is 12.8. The Kier molecular flexibility index (Phi) is 6.49. The van der Waals surface area contributed by atoms with Gasteiger partial charge in [0, 0.05) is 49.7 Å². The Morgan fingerprint density at radius 2 is 2.10 bits per heavy atom. The van der Waals surface area contributed by atoms with Gasteiger partial charge in [0.2, 0.25) is 10.0 Å². The van der Waals surface area contributed by atoms with Crippen LogP contribution in [0.1, 0.15) is 33.6 Å². The standard InChI is InChI=1S/C20H34N6O3S/c1-6-26(30(5,28)29)20(22-11-14(2)3)10-9-16(12-23-20)18-24-17(15-7-8-15)13-25(18)19(27)21-4/h9-10,12-15,18,22-24H,6-8,11H2,1-5H3,(H,21,27). The normalized spacial score (nSPS) is 26.4. The molecule has 0 aromatic rings. The van der Waals surface area contributed by atoms with Crippen LogP contribution in [-0.2, 0) is 10.0 Å². The Bertz CT molecular complexity index is 862. The second kappa shape index (κ2) is 8.60. The molecule has 2 amide bonds. The largest absolute Gasteiger partial charge is 0.363 e. The molecule has 2 atom stereocenters. The fourth-order valence-corrected chi connectivity index (χ4v) is 4.96. The first-order valence-electron chi connectivity index (χ1n) is 10.5. The van der Waals surface area contributed by atoms with Crippen LogP contribution in [0.25, 0.3) is 0 Å². The second-order valence-corrected chi connectivity index (χ2v) is 10.4. The van der Waals surface area contributed by atoms with Gasteiger partial charge in [-0.1, -0.05) is 26.8 Å². The third kappa shape index (κ3) is 4.65. The van der Waals surface area contributed by atoms with Gasteiger partial charge in [-0.25, -0.2) is 13.2 Å². The van der Waals surface area contributed by atoms with Crippen molar-refractivity contribution in [1.82, 2.24) is 30.5 Å². The molecule has 168 valence electrons. The van der Waals surface area contributed by atoms with E-state index in [4.69, 9.17) is 0 Å². The molecular weight excluding hydrogens is 404 g/mol. The lowest BCUT2D eigenvalue weighted by Gasteiger charge is -2.43. The molecular formula is C20H34N6O3S. The summed E-state index contributed by atoms with van der Waals surface area (Å²) in [6, 6.07) is -0.196. The summed E-state index contributed by atoms with van der Waals surface area (Å²) in [7, 11) is -1.86. The van der Waals surface area contributed by atoms with Crippen LogP contribution in [0.15, 0.2) is 35.8 Å².